The van der Waals surface area contributed by atoms with E-state index < -0.39 is 24.8 Å². The van der Waals surface area contributed by atoms with Crippen molar-refractivity contribution in [2.45, 2.75) is 13.8 Å². The van der Waals surface area contributed by atoms with Crippen molar-refractivity contribution in [3.05, 3.63) is 71.0 Å². The molecule has 1 aliphatic heterocycles. The lowest BCUT2D eigenvalue weighted by atomic mass is 10.2. The molecule has 1 heterocycles. The number of ether oxygens (including phenoxy) is 1. The Hall–Kier alpha value is -2.85. The molecule has 0 bridgehead atoms. The highest BCUT2D eigenvalue weighted by Gasteiger charge is 2.44. The van der Waals surface area contributed by atoms with Gasteiger partial charge in [0.05, 0.1) is 0 Å². The molecule has 7 heteroatoms. The largest absolute Gasteiger partial charge is 0.470 e. The second-order valence-electron chi connectivity index (χ2n) is 5.54. The van der Waals surface area contributed by atoms with Gasteiger partial charge in [0.1, 0.15) is 11.5 Å². The summed E-state index contributed by atoms with van der Waals surface area (Å²) in [5.74, 6) is -1.45. The molecule has 0 spiro atoms. The Morgan fingerprint density at radius 1 is 0.800 bits per heavy atom. The average Bonchev–Trinajstić information content (AvgIpc) is 2.91. The zero-order valence-corrected chi connectivity index (χ0v) is 14.5. The molecule has 0 aliphatic carbocycles. The highest BCUT2D eigenvalue weighted by Crippen LogP contribution is 2.56. The average molecular weight is 358 g/mol. The molecule has 0 saturated carbocycles. The van der Waals surface area contributed by atoms with Crippen LogP contribution >= 0.6 is 7.60 Å². The molecule has 0 radical (unpaired) electrons. The van der Waals surface area contributed by atoms with Crippen LogP contribution in [0.15, 0.2) is 59.9 Å². The molecule has 0 unspecified atom stereocenters. The lowest BCUT2D eigenvalue weighted by Gasteiger charge is -2.19. The fourth-order valence-corrected chi connectivity index (χ4v) is 3.69. The Kier molecular flexibility index (Phi) is 4.47. The van der Waals surface area contributed by atoms with Gasteiger partial charge in [0, 0.05) is 6.08 Å². The number of rotatable bonds is 5. The minimum Gasteiger partial charge on any atom is -0.413 e. The molecule has 3 rings (SSSR count). The number of cyclic esters (lactones) is 2. The van der Waals surface area contributed by atoms with Crippen LogP contribution in [-0.2, 0) is 18.9 Å². The second-order valence-corrected chi connectivity index (χ2v) is 7.39. The maximum absolute atomic E-state index is 13.3. The first-order valence-corrected chi connectivity index (χ1v) is 9.01. The van der Waals surface area contributed by atoms with Gasteiger partial charge in [-0.3, -0.25) is 0 Å². The van der Waals surface area contributed by atoms with E-state index in [-0.39, 0.29) is 11.5 Å². The molecule has 0 fully saturated rings. The third kappa shape index (κ3) is 3.80. The van der Waals surface area contributed by atoms with E-state index >= 15 is 0 Å². The minimum atomic E-state index is -4.17. The maximum Gasteiger partial charge on any atom is 0.470 e. The molecule has 0 aromatic heterocycles. The summed E-state index contributed by atoms with van der Waals surface area (Å²) in [6.45, 7) is 3.78. The van der Waals surface area contributed by atoms with Gasteiger partial charge in [-0.2, -0.15) is 0 Å². The lowest BCUT2D eigenvalue weighted by molar-refractivity contribution is -0.150. The van der Waals surface area contributed by atoms with Crippen LogP contribution in [-0.4, -0.2) is 11.9 Å². The summed E-state index contributed by atoms with van der Waals surface area (Å²) in [5, 5.41) is -0.432. The molecule has 0 saturated heterocycles. The molecule has 1 aliphatic rings. The number of carbonyl (C=O) groups excluding carboxylic acids is 2. The molecular formula is C18H15O6P. The van der Waals surface area contributed by atoms with Crippen LogP contribution in [0.4, 0.5) is 0 Å². The molecule has 128 valence electrons. The number of aryl methyl sites for hydroxylation is 2. The van der Waals surface area contributed by atoms with Crippen molar-refractivity contribution < 1.29 is 27.9 Å². The Bertz CT molecular complexity index is 845. The Balaban J connectivity index is 1.98. The van der Waals surface area contributed by atoms with E-state index in [4.69, 9.17) is 9.05 Å². The summed E-state index contributed by atoms with van der Waals surface area (Å²) < 4.78 is 28.8. The van der Waals surface area contributed by atoms with Gasteiger partial charge < -0.3 is 13.8 Å². The Labute approximate surface area is 144 Å². The topological polar surface area (TPSA) is 78.9 Å². The summed E-state index contributed by atoms with van der Waals surface area (Å²) in [7, 11) is -4.17. The molecular weight excluding hydrogens is 343 g/mol. The van der Waals surface area contributed by atoms with Crippen LogP contribution in [0.3, 0.4) is 0 Å². The van der Waals surface area contributed by atoms with Gasteiger partial charge in [-0.15, -0.1) is 0 Å². The quantitative estimate of drug-likeness (QED) is 0.458. The van der Waals surface area contributed by atoms with E-state index in [1.165, 1.54) is 0 Å². The van der Waals surface area contributed by atoms with Crippen molar-refractivity contribution in [1.29, 1.82) is 0 Å². The van der Waals surface area contributed by atoms with Crippen molar-refractivity contribution in [3.8, 4) is 11.5 Å². The van der Waals surface area contributed by atoms with E-state index in [1.807, 2.05) is 13.8 Å². The van der Waals surface area contributed by atoms with Gasteiger partial charge >= 0.3 is 19.5 Å². The maximum atomic E-state index is 13.3. The number of hydrogen-bond donors (Lipinski definition) is 0. The summed E-state index contributed by atoms with van der Waals surface area (Å²) in [6.07, 6.45) is 0.839. The highest BCUT2D eigenvalue weighted by atomic mass is 31.2. The van der Waals surface area contributed by atoms with Crippen LogP contribution in [0.25, 0.3) is 0 Å². The summed E-state index contributed by atoms with van der Waals surface area (Å²) in [6, 6.07) is 13.4. The highest BCUT2D eigenvalue weighted by molar-refractivity contribution is 7.60. The lowest BCUT2D eigenvalue weighted by Crippen LogP contribution is -2.09. The van der Waals surface area contributed by atoms with Crippen molar-refractivity contribution >= 4 is 19.5 Å². The van der Waals surface area contributed by atoms with Crippen LogP contribution in [0.5, 0.6) is 11.5 Å². The van der Waals surface area contributed by atoms with E-state index in [9.17, 15) is 14.2 Å². The molecule has 25 heavy (non-hydrogen) atoms. The van der Waals surface area contributed by atoms with Gasteiger partial charge in [-0.05, 0) is 38.1 Å². The van der Waals surface area contributed by atoms with E-state index in [0.29, 0.717) is 0 Å². The molecule has 2 aromatic rings. The first-order valence-electron chi connectivity index (χ1n) is 7.47. The Morgan fingerprint density at radius 3 is 1.60 bits per heavy atom. The van der Waals surface area contributed by atoms with E-state index in [0.717, 1.165) is 17.2 Å². The number of carbonyl (C=O) groups is 2. The van der Waals surface area contributed by atoms with Crippen molar-refractivity contribution in [3.63, 3.8) is 0 Å². The van der Waals surface area contributed by atoms with Crippen molar-refractivity contribution in [2.75, 3.05) is 0 Å². The second kappa shape index (κ2) is 6.57. The number of esters is 2. The summed E-state index contributed by atoms with van der Waals surface area (Å²) in [5.41, 5.74) is 1.97. The van der Waals surface area contributed by atoms with Crippen LogP contribution in [0.2, 0.25) is 0 Å². The van der Waals surface area contributed by atoms with Gasteiger partial charge in [0.25, 0.3) is 0 Å². The number of hydrogen-bond acceptors (Lipinski definition) is 6. The van der Waals surface area contributed by atoms with Gasteiger partial charge in [-0.1, -0.05) is 35.4 Å². The zero-order chi connectivity index (χ0) is 18.0. The Morgan fingerprint density at radius 2 is 1.24 bits per heavy atom. The predicted molar refractivity (Wildman–Crippen MR) is 90.4 cm³/mol. The molecule has 6 nitrogen and oxygen atoms in total. The third-order valence-electron chi connectivity index (χ3n) is 3.45. The molecule has 0 atom stereocenters. The van der Waals surface area contributed by atoms with Gasteiger partial charge in [-0.25, -0.2) is 14.2 Å². The normalized spacial score (nSPS) is 14.1. The van der Waals surface area contributed by atoms with Gasteiger partial charge in [0.2, 0.25) is 0 Å². The fourth-order valence-electron chi connectivity index (χ4n) is 2.13. The smallest absolute Gasteiger partial charge is 0.413 e. The van der Waals surface area contributed by atoms with E-state index in [2.05, 4.69) is 4.74 Å². The van der Waals surface area contributed by atoms with E-state index in [1.54, 1.807) is 48.5 Å². The van der Waals surface area contributed by atoms with Crippen LogP contribution in [0, 0.1) is 13.8 Å². The first-order chi connectivity index (χ1) is 11.9. The predicted octanol–water partition coefficient (Wildman–Crippen LogP) is 3.92. The third-order valence-corrected chi connectivity index (χ3v) is 5.25. The number of benzene rings is 2. The van der Waals surface area contributed by atoms with Crippen LogP contribution in [0.1, 0.15) is 11.1 Å². The standard InChI is InChI=1S/C18H15O6P/c1-12-3-7-14(8-4-12)23-25(21,16-11-17(19)22-18(16)20)24-15-9-5-13(2)6-10-15/h3-11H,1-2H3. The minimum absolute atomic E-state index is 0.245. The summed E-state index contributed by atoms with van der Waals surface area (Å²) >= 11 is 0. The van der Waals surface area contributed by atoms with Crippen molar-refractivity contribution in [2.24, 2.45) is 0 Å². The zero-order valence-electron chi connectivity index (χ0n) is 13.6. The summed E-state index contributed by atoms with van der Waals surface area (Å²) in [4.78, 5) is 23.2. The first kappa shape index (κ1) is 17.0. The van der Waals surface area contributed by atoms with Gasteiger partial charge in [0.15, 0.2) is 5.31 Å². The molecule has 2 aromatic carbocycles. The molecule has 0 amide bonds. The fraction of sp³-hybridized carbons (Fsp3) is 0.111. The monoisotopic (exact) mass is 358 g/mol. The molecule has 0 N–H and O–H groups in total. The van der Waals surface area contributed by atoms with Crippen LogP contribution < -0.4 is 9.05 Å². The van der Waals surface area contributed by atoms with Crippen molar-refractivity contribution in [1.82, 2.24) is 0 Å². The SMILES string of the molecule is Cc1ccc(OP(=O)(Oc2ccc(C)cc2)C2=CC(=O)OC2=O)cc1.